The molecule has 86 valence electrons. The smallest absolute Gasteiger partial charge is 0.466 e. The van der Waals surface area contributed by atoms with Crippen molar-refractivity contribution in [3.05, 3.63) is 29.8 Å². The minimum absolute atomic E-state index is 0.400. The van der Waals surface area contributed by atoms with E-state index in [1.54, 1.807) is 6.07 Å². The maximum Gasteiger partial charge on any atom is 0.466 e. The van der Waals surface area contributed by atoms with Gasteiger partial charge in [0.05, 0.1) is 0 Å². The molecular formula is C9H15O5P. The number of para-hydroxylation sites is 1. The number of hydrogen-bond donors (Lipinski definition) is 4. The zero-order valence-corrected chi connectivity index (χ0v) is 9.43. The minimum atomic E-state index is -4.64. The number of phenolic OH excluding ortho intramolecular Hbond substituents is 1. The molecule has 0 bridgehead atoms. The van der Waals surface area contributed by atoms with Crippen molar-refractivity contribution in [2.24, 2.45) is 0 Å². The summed E-state index contributed by atoms with van der Waals surface area (Å²) in [5.74, 6) is 0.804. The van der Waals surface area contributed by atoms with Crippen LogP contribution in [0.5, 0.6) is 5.75 Å². The Bertz CT molecular complexity index is 336. The standard InChI is InChI=1S/C9H12O.H3O4P/c1-7(2)8-5-3-4-6-9(8)10;1-5(2,3)4/h3-7,10H,1-2H3;(H3,1,2,3,4). The van der Waals surface area contributed by atoms with Gasteiger partial charge in [-0.1, -0.05) is 32.0 Å². The summed E-state index contributed by atoms with van der Waals surface area (Å²) < 4.78 is 8.88. The fourth-order valence-corrected chi connectivity index (χ4v) is 0.976. The van der Waals surface area contributed by atoms with Gasteiger partial charge in [-0.2, -0.15) is 0 Å². The van der Waals surface area contributed by atoms with E-state index in [2.05, 4.69) is 13.8 Å². The maximum atomic E-state index is 9.28. The Morgan fingerprint density at radius 2 is 1.53 bits per heavy atom. The summed E-state index contributed by atoms with van der Waals surface area (Å²) in [4.78, 5) is 21.6. The first kappa shape index (κ1) is 14.1. The third-order valence-corrected chi connectivity index (χ3v) is 1.56. The van der Waals surface area contributed by atoms with Crippen LogP contribution in [0.3, 0.4) is 0 Å². The second-order valence-corrected chi connectivity index (χ2v) is 4.25. The quantitative estimate of drug-likeness (QED) is 0.553. The number of hydrogen-bond acceptors (Lipinski definition) is 2. The second kappa shape index (κ2) is 5.88. The SMILES string of the molecule is CC(C)c1ccccc1O.O=P(O)(O)O. The Morgan fingerprint density at radius 1 is 1.13 bits per heavy atom. The van der Waals surface area contributed by atoms with Gasteiger partial charge in [-0.25, -0.2) is 4.57 Å². The summed E-state index contributed by atoms with van der Waals surface area (Å²) in [6, 6.07) is 7.44. The highest BCUT2D eigenvalue weighted by Gasteiger charge is 2.02. The van der Waals surface area contributed by atoms with Gasteiger partial charge in [0.15, 0.2) is 0 Å². The number of phenols is 1. The second-order valence-electron chi connectivity index (χ2n) is 3.23. The fraction of sp³-hybridized carbons (Fsp3) is 0.333. The van der Waals surface area contributed by atoms with E-state index in [1.807, 2.05) is 18.2 Å². The Hall–Kier alpha value is -0.870. The average molecular weight is 234 g/mol. The minimum Gasteiger partial charge on any atom is -0.508 e. The molecule has 0 aliphatic rings. The largest absolute Gasteiger partial charge is 0.508 e. The van der Waals surface area contributed by atoms with E-state index < -0.39 is 7.82 Å². The monoisotopic (exact) mass is 234 g/mol. The summed E-state index contributed by atoms with van der Waals surface area (Å²) in [7, 11) is -4.64. The first-order valence-corrected chi connectivity index (χ1v) is 5.84. The van der Waals surface area contributed by atoms with Gasteiger partial charge in [0.2, 0.25) is 0 Å². The lowest BCUT2D eigenvalue weighted by Gasteiger charge is -2.05. The van der Waals surface area contributed by atoms with Gasteiger partial charge in [0.25, 0.3) is 0 Å². The molecule has 0 aliphatic heterocycles. The van der Waals surface area contributed by atoms with Gasteiger partial charge in [0, 0.05) is 0 Å². The van der Waals surface area contributed by atoms with Crippen LogP contribution in [0, 0.1) is 0 Å². The maximum absolute atomic E-state index is 9.28. The van der Waals surface area contributed by atoms with Crippen LogP contribution in [0.4, 0.5) is 0 Å². The zero-order chi connectivity index (χ0) is 12.1. The van der Waals surface area contributed by atoms with Crippen LogP contribution in [0.25, 0.3) is 0 Å². The molecule has 0 aliphatic carbocycles. The highest BCUT2D eigenvalue weighted by molar-refractivity contribution is 7.45. The van der Waals surface area contributed by atoms with Gasteiger partial charge < -0.3 is 19.8 Å². The first-order chi connectivity index (χ1) is 6.72. The molecule has 1 aromatic rings. The van der Waals surface area contributed by atoms with E-state index in [4.69, 9.17) is 19.2 Å². The van der Waals surface area contributed by atoms with Crippen molar-refractivity contribution in [3.63, 3.8) is 0 Å². The summed E-state index contributed by atoms with van der Waals surface area (Å²) in [6.45, 7) is 4.13. The molecule has 0 fully saturated rings. The van der Waals surface area contributed by atoms with Crippen molar-refractivity contribution < 1.29 is 24.4 Å². The summed E-state index contributed by atoms with van der Waals surface area (Å²) in [5.41, 5.74) is 1.02. The first-order valence-electron chi connectivity index (χ1n) is 4.28. The van der Waals surface area contributed by atoms with E-state index in [-0.39, 0.29) is 0 Å². The van der Waals surface area contributed by atoms with Crippen LogP contribution in [-0.4, -0.2) is 19.8 Å². The van der Waals surface area contributed by atoms with Crippen LogP contribution in [0.15, 0.2) is 24.3 Å². The molecule has 0 aromatic heterocycles. The molecule has 1 rings (SSSR count). The third kappa shape index (κ3) is 8.15. The molecule has 0 unspecified atom stereocenters. The number of aromatic hydroxyl groups is 1. The predicted octanol–water partition coefficient (Wildman–Crippen LogP) is 1.59. The average Bonchev–Trinajstić information content (AvgIpc) is 2.01. The molecule has 0 amide bonds. The molecule has 1 aromatic carbocycles. The molecular weight excluding hydrogens is 219 g/mol. The lowest BCUT2D eigenvalue weighted by molar-refractivity contribution is 0.275. The van der Waals surface area contributed by atoms with Crippen molar-refractivity contribution in [1.82, 2.24) is 0 Å². The van der Waals surface area contributed by atoms with E-state index in [0.29, 0.717) is 11.7 Å². The predicted molar refractivity (Wildman–Crippen MR) is 56.5 cm³/mol. The van der Waals surface area contributed by atoms with E-state index >= 15 is 0 Å². The van der Waals surface area contributed by atoms with Crippen LogP contribution in [0.2, 0.25) is 0 Å². The van der Waals surface area contributed by atoms with Crippen LogP contribution < -0.4 is 0 Å². The Kier molecular flexibility index (Phi) is 5.54. The van der Waals surface area contributed by atoms with Crippen molar-refractivity contribution >= 4 is 7.82 Å². The van der Waals surface area contributed by atoms with Crippen molar-refractivity contribution in [2.45, 2.75) is 19.8 Å². The fourth-order valence-electron chi connectivity index (χ4n) is 0.976. The van der Waals surface area contributed by atoms with Crippen molar-refractivity contribution in [3.8, 4) is 5.75 Å². The number of phosphoric acid groups is 1. The van der Waals surface area contributed by atoms with Crippen molar-refractivity contribution in [1.29, 1.82) is 0 Å². The Labute approximate surface area is 88.3 Å². The van der Waals surface area contributed by atoms with E-state index in [1.165, 1.54) is 0 Å². The summed E-state index contributed by atoms with van der Waals surface area (Å²) >= 11 is 0. The molecule has 0 heterocycles. The Balaban J connectivity index is 0.000000336. The highest BCUT2D eigenvalue weighted by Crippen LogP contribution is 2.25. The van der Waals surface area contributed by atoms with E-state index in [9.17, 15) is 5.11 Å². The molecule has 0 saturated heterocycles. The van der Waals surface area contributed by atoms with Gasteiger partial charge >= 0.3 is 7.82 Å². The van der Waals surface area contributed by atoms with E-state index in [0.717, 1.165) is 5.56 Å². The van der Waals surface area contributed by atoms with Gasteiger partial charge in [-0.15, -0.1) is 0 Å². The zero-order valence-electron chi connectivity index (χ0n) is 8.53. The van der Waals surface area contributed by atoms with Crippen LogP contribution >= 0.6 is 7.82 Å². The molecule has 0 atom stereocenters. The Morgan fingerprint density at radius 3 is 1.80 bits per heavy atom. The lowest BCUT2D eigenvalue weighted by Crippen LogP contribution is -1.85. The van der Waals surface area contributed by atoms with Crippen LogP contribution in [-0.2, 0) is 4.57 Å². The molecule has 15 heavy (non-hydrogen) atoms. The molecule has 6 heteroatoms. The van der Waals surface area contributed by atoms with Crippen molar-refractivity contribution in [2.75, 3.05) is 0 Å². The van der Waals surface area contributed by atoms with Gasteiger partial charge in [0.1, 0.15) is 5.75 Å². The molecule has 5 nitrogen and oxygen atoms in total. The lowest BCUT2D eigenvalue weighted by atomic mass is 10.0. The third-order valence-electron chi connectivity index (χ3n) is 1.56. The topological polar surface area (TPSA) is 98.0 Å². The molecule has 0 spiro atoms. The number of benzene rings is 1. The van der Waals surface area contributed by atoms with Gasteiger partial charge in [-0.05, 0) is 17.5 Å². The normalized spacial score (nSPS) is 10.8. The van der Waals surface area contributed by atoms with Gasteiger partial charge in [-0.3, -0.25) is 0 Å². The summed E-state index contributed by atoms with van der Waals surface area (Å²) in [5, 5.41) is 9.28. The molecule has 0 radical (unpaired) electrons. The summed E-state index contributed by atoms with van der Waals surface area (Å²) in [6.07, 6.45) is 0. The highest BCUT2D eigenvalue weighted by atomic mass is 31.2. The molecule has 4 N–H and O–H groups in total. The van der Waals surface area contributed by atoms with Crippen LogP contribution in [0.1, 0.15) is 25.3 Å². The molecule has 0 saturated carbocycles. The number of rotatable bonds is 1.